The summed E-state index contributed by atoms with van der Waals surface area (Å²) < 4.78 is 33.9. The molecule has 3 aromatic rings. The SMILES string of the molecule is CCc1ccc(N(CC(=O)N(Cc2ccc(OC)cc2)C(CC)C(=O)NC)S(=O)(=O)c2ccccc2)cc1. The second kappa shape index (κ2) is 13.1. The molecule has 9 heteroatoms. The summed E-state index contributed by atoms with van der Waals surface area (Å²) in [4.78, 5) is 28.2. The Bertz CT molecular complexity index is 1310. The fourth-order valence-electron chi connectivity index (χ4n) is 4.16. The molecule has 3 rings (SSSR count). The van der Waals surface area contributed by atoms with Gasteiger partial charge in [0.1, 0.15) is 18.3 Å². The van der Waals surface area contributed by atoms with Crippen molar-refractivity contribution in [3.63, 3.8) is 0 Å². The lowest BCUT2D eigenvalue weighted by Gasteiger charge is -2.33. The van der Waals surface area contributed by atoms with Crippen LogP contribution in [0.4, 0.5) is 5.69 Å². The van der Waals surface area contributed by atoms with E-state index < -0.39 is 28.5 Å². The van der Waals surface area contributed by atoms with Crippen LogP contribution in [0.3, 0.4) is 0 Å². The van der Waals surface area contributed by atoms with E-state index in [4.69, 9.17) is 4.74 Å². The summed E-state index contributed by atoms with van der Waals surface area (Å²) in [6.45, 7) is 3.49. The van der Waals surface area contributed by atoms with Crippen LogP contribution in [0.25, 0.3) is 0 Å². The van der Waals surface area contributed by atoms with Gasteiger partial charge in [-0.05, 0) is 60.4 Å². The predicted molar refractivity (Wildman–Crippen MR) is 148 cm³/mol. The molecule has 0 aromatic heterocycles. The molecule has 2 amide bonds. The molecule has 0 bridgehead atoms. The number of hydrogen-bond acceptors (Lipinski definition) is 5. The molecule has 1 N–H and O–H groups in total. The number of carbonyl (C=O) groups is 2. The summed E-state index contributed by atoms with van der Waals surface area (Å²) >= 11 is 0. The predicted octanol–water partition coefficient (Wildman–Crippen LogP) is 4.01. The maximum atomic E-state index is 13.9. The van der Waals surface area contributed by atoms with Gasteiger partial charge in [-0.2, -0.15) is 0 Å². The van der Waals surface area contributed by atoms with Gasteiger partial charge in [0.15, 0.2) is 0 Å². The Kier molecular flexibility index (Phi) is 9.90. The van der Waals surface area contributed by atoms with Crippen LogP contribution >= 0.6 is 0 Å². The fraction of sp³-hybridized carbons (Fsp3) is 0.310. The topological polar surface area (TPSA) is 96.0 Å². The van der Waals surface area contributed by atoms with Gasteiger partial charge in [0.2, 0.25) is 11.8 Å². The van der Waals surface area contributed by atoms with Crippen molar-refractivity contribution < 1.29 is 22.7 Å². The number of aryl methyl sites for hydroxylation is 1. The number of ether oxygens (including phenoxy) is 1. The summed E-state index contributed by atoms with van der Waals surface area (Å²) in [5.74, 6) is -0.143. The van der Waals surface area contributed by atoms with Crippen molar-refractivity contribution in [1.29, 1.82) is 0 Å². The lowest BCUT2D eigenvalue weighted by Crippen LogP contribution is -2.51. The Morgan fingerprint density at radius 2 is 1.50 bits per heavy atom. The van der Waals surface area contributed by atoms with E-state index in [0.29, 0.717) is 17.9 Å². The fourth-order valence-corrected chi connectivity index (χ4v) is 5.60. The molecule has 0 spiro atoms. The molecule has 1 atom stereocenters. The second-order valence-electron chi connectivity index (χ2n) is 8.75. The molecular weight excluding hydrogens is 502 g/mol. The van der Waals surface area contributed by atoms with Crippen LogP contribution in [0.1, 0.15) is 31.4 Å². The average molecular weight is 538 g/mol. The van der Waals surface area contributed by atoms with Crippen LogP contribution in [-0.2, 0) is 32.6 Å². The number of rotatable bonds is 12. The molecule has 0 fully saturated rings. The van der Waals surface area contributed by atoms with E-state index in [1.807, 2.05) is 38.1 Å². The normalized spacial score (nSPS) is 11.9. The Hall–Kier alpha value is -3.85. The smallest absolute Gasteiger partial charge is 0.264 e. The van der Waals surface area contributed by atoms with Gasteiger partial charge in [0.25, 0.3) is 10.0 Å². The minimum absolute atomic E-state index is 0.0763. The highest BCUT2D eigenvalue weighted by Crippen LogP contribution is 2.25. The third-order valence-electron chi connectivity index (χ3n) is 6.39. The molecule has 8 nitrogen and oxygen atoms in total. The van der Waals surface area contributed by atoms with E-state index in [1.54, 1.807) is 49.6 Å². The lowest BCUT2D eigenvalue weighted by atomic mass is 10.1. The monoisotopic (exact) mass is 537 g/mol. The largest absolute Gasteiger partial charge is 0.497 e. The first-order chi connectivity index (χ1) is 18.2. The highest BCUT2D eigenvalue weighted by Gasteiger charge is 2.33. The zero-order valence-electron chi connectivity index (χ0n) is 22.3. The highest BCUT2D eigenvalue weighted by molar-refractivity contribution is 7.92. The molecule has 1 unspecified atom stereocenters. The van der Waals surface area contributed by atoms with E-state index in [0.717, 1.165) is 21.9 Å². The van der Waals surface area contributed by atoms with E-state index in [9.17, 15) is 18.0 Å². The van der Waals surface area contributed by atoms with Gasteiger partial charge in [-0.15, -0.1) is 0 Å². The number of likely N-dealkylation sites (N-methyl/N-ethyl adjacent to an activating group) is 1. The van der Waals surface area contributed by atoms with Gasteiger partial charge in [0.05, 0.1) is 17.7 Å². The zero-order valence-corrected chi connectivity index (χ0v) is 23.1. The van der Waals surface area contributed by atoms with Gasteiger partial charge in [-0.1, -0.05) is 56.3 Å². The molecule has 38 heavy (non-hydrogen) atoms. The van der Waals surface area contributed by atoms with Crippen molar-refractivity contribution in [1.82, 2.24) is 10.2 Å². The summed E-state index contributed by atoms with van der Waals surface area (Å²) in [6.07, 6.45) is 1.16. The number of hydrogen-bond donors (Lipinski definition) is 1. The third-order valence-corrected chi connectivity index (χ3v) is 8.18. The molecule has 0 radical (unpaired) electrons. The second-order valence-corrected chi connectivity index (χ2v) is 10.6. The molecule has 3 aromatic carbocycles. The van der Waals surface area contributed by atoms with E-state index in [-0.39, 0.29) is 17.3 Å². The summed E-state index contributed by atoms with van der Waals surface area (Å²) in [6, 6.07) is 21.5. The minimum atomic E-state index is -4.07. The van der Waals surface area contributed by atoms with E-state index in [2.05, 4.69) is 5.32 Å². The van der Waals surface area contributed by atoms with Crippen molar-refractivity contribution in [2.45, 2.75) is 44.2 Å². The molecule has 0 aliphatic heterocycles. The molecular formula is C29H35N3O5S. The summed E-state index contributed by atoms with van der Waals surface area (Å²) in [5.41, 5.74) is 2.20. The number of carbonyl (C=O) groups excluding carboxylic acids is 2. The number of nitrogens with one attached hydrogen (secondary N) is 1. The Morgan fingerprint density at radius 1 is 0.895 bits per heavy atom. The van der Waals surface area contributed by atoms with Crippen LogP contribution in [0.15, 0.2) is 83.8 Å². The first-order valence-electron chi connectivity index (χ1n) is 12.6. The number of benzene rings is 3. The van der Waals surface area contributed by atoms with Crippen LogP contribution < -0.4 is 14.4 Å². The number of nitrogens with zero attached hydrogens (tertiary/aromatic N) is 2. The maximum Gasteiger partial charge on any atom is 0.264 e. The van der Waals surface area contributed by atoms with E-state index >= 15 is 0 Å². The van der Waals surface area contributed by atoms with Crippen molar-refractivity contribution in [2.75, 3.05) is 25.0 Å². The molecule has 0 saturated carbocycles. The van der Waals surface area contributed by atoms with Gasteiger partial charge in [-0.3, -0.25) is 13.9 Å². The Balaban J connectivity index is 2.03. The molecule has 202 valence electrons. The molecule has 0 saturated heterocycles. The third kappa shape index (κ3) is 6.72. The Labute approximate surface area is 225 Å². The van der Waals surface area contributed by atoms with Crippen molar-refractivity contribution in [3.8, 4) is 5.75 Å². The van der Waals surface area contributed by atoms with Crippen molar-refractivity contribution in [2.24, 2.45) is 0 Å². The maximum absolute atomic E-state index is 13.9. The first-order valence-corrected chi connectivity index (χ1v) is 14.0. The lowest BCUT2D eigenvalue weighted by molar-refractivity contribution is -0.140. The number of amides is 2. The Morgan fingerprint density at radius 3 is 2.03 bits per heavy atom. The summed E-state index contributed by atoms with van der Waals surface area (Å²) in [7, 11) is -0.989. The van der Waals surface area contributed by atoms with Crippen LogP contribution in [0.2, 0.25) is 0 Å². The number of methoxy groups -OCH3 is 1. The zero-order chi connectivity index (χ0) is 27.7. The minimum Gasteiger partial charge on any atom is -0.497 e. The first kappa shape index (κ1) is 28.7. The van der Waals surface area contributed by atoms with Crippen molar-refractivity contribution >= 4 is 27.5 Å². The van der Waals surface area contributed by atoms with Crippen LogP contribution in [-0.4, -0.2) is 51.9 Å². The van der Waals surface area contributed by atoms with Gasteiger partial charge in [0, 0.05) is 13.6 Å². The van der Waals surface area contributed by atoms with Crippen LogP contribution in [0.5, 0.6) is 5.75 Å². The van der Waals surface area contributed by atoms with Gasteiger partial charge in [-0.25, -0.2) is 8.42 Å². The van der Waals surface area contributed by atoms with Gasteiger partial charge >= 0.3 is 0 Å². The highest BCUT2D eigenvalue weighted by atomic mass is 32.2. The average Bonchev–Trinajstić information content (AvgIpc) is 2.96. The number of anilines is 1. The van der Waals surface area contributed by atoms with Gasteiger partial charge < -0.3 is 15.0 Å². The van der Waals surface area contributed by atoms with Crippen molar-refractivity contribution in [3.05, 3.63) is 90.0 Å². The van der Waals surface area contributed by atoms with E-state index in [1.165, 1.54) is 24.1 Å². The molecule has 0 aliphatic carbocycles. The molecule has 0 heterocycles. The quantitative estimate of drug-likeness (QED) is 0.377. The number of sulfonamides is 1. The summed E-state index contributed by atoms with van der Waals surface area (Å²) in [5, 5.41) is 2.62. The molecule has 0 aliphatic rings. The standard InChI is InChI=1S/C29H35N3O5S/c1-5-22-12-16-24(17-13-22)32(38(35,36)26-10-8-7-9-11-26)21-28(33)31(27(6-2)29(34)30-3)20-23-14-18-25(37-4)19-15-23/h7-19,27H,5-6,20-21H2,1-4H3,(H,30,34). The van der Waals surface area contributed by atoms with Crippen LogP contribution in [0, 0.1) is 0 Å².